The summed E-state index contributed by atoms with van der Waals surface area (Å²) in [6.07, 6.45) is 3.97. The molecule has 72 valence electrons. The van der Waals surface area contributed by atoms with Crippen LogP contribution in [0.25, 0.3) is 5.52 Å². The normalized spacial score (nSPS) is 10.4. The van der Waals surface area contributed by atoms with Crippen LogP contribution in [0.1, 0.15) is 12.5 Å². The first-order valence-corrected chi connectivity index (χ1v) is 4.52. The van der Waals surface area contributed by atoms with Crippen LogP contribution in [0.3, 0.4) is 0 Å². The minimum absolute atomic E-state index is 0.0370. The fourth-order valence-corrected chi connectivity index (χ4v) is 1.59. The number of hydrogen-bond donors (Lipinski definition) is 1. The van der Waals surface area contributed by atoms with Gasteiger partial charge < -0.3 is 9.72 Å². The summed E-state index contributed by atoms with van der Waals surface area (Å²) in [6.45, 7) is 3.50. The van der Waals surface area contributed by atoms with E-state index in [1.165, 1.54) is 6.92 Å². The van der Waals surface area contributed by atoms with E-state index in [0.29, 0.717) is 0 Å². The van der Waals surface area contributed by atoms with Crippen molar-refractivity contribution in [2.45, 2.75) is 13.8 Å². The molecule has 0 fully saturated rings. The van der Waals surface area contributed by atoms with Gasteiger partial charge in [-0.1, -0.05) is 6.07 Å². The molecule has 2 rings (SSSR count). The van der Waals surface area contributed by atoms with Crippen LogP contribution in [0.15, 0.2) is 30.6 Å². The third kappa shape index (κ3) is 1.37. The highest BCUT2D eigenvalue weighted by Gasteiger charge is 2.06. The summed E-state index contributed by atoms with van der Waals surface area (Å²) in [7, 11) is 0. The Morgan fingerprint density at radius 3 is 2.93 bits per heavy atom. The molecule has 0 aromatic carbocycles. The number of aryl methyl sites for hydroxylation is 1. The van der Waals surface area contributed by atoms with Crippen molar-refractivity contribution in [1.82, 2.24) is 4.40 Å². The molecule has 0 unspecified atom stereocenters. The van der Waals surface area contributed by atoms with Gasteiger partial charge >= 0.3 is 0 Å². The van der Waals surface area contributed by atoms with Crippen molar-refractivity contribution in [2.24, 2.45) is 0 Å². The number of nitrogens with one attached hydrogen (secondary N) is 1. The van der Waals surface area contributed by atoms with Gasteiger partial charge in [-0.2, -0.15) is 0 Å². The Hall–Kier alpha value is -1.77. The standard InChI is InChI=1S/C11H12N2O/c1-8-7-13-6-4-3-5-10(13)11(8)12-9(2)14/h3-7H,1-2H3,(H,12,14). The summed E-state index contributed by atoms with van der Waals surface area (Å²) in [5, 5.41) is 2.84. The Morgan fingerprint density at radius 2 is 2.21 bits per heavy atom. The van der Waals surface area contributed by atoms with E-state index < -0.39 is 0 Å². The smallest absolute Gasteiger partial charge is 0.221 e. The number of carbonyl (C=O) groups is 1. The molecule has 2 aromatic heterocycles. The molecule has 1 amide bonds. The Kier molecular flexibility index (Phi) is 2.00. The summed E-state index contributed by atoms with van der Waals surface area (Å²) >= 11 is 0. The molecule has 0 saturated heterocycles. The first-order chi connectivity index (χ1) is 6.68. The molecule has 0 aliphatic rings. The van der Waals surface area contributed by atoms with Crippen molar-refractivity contribution in [2.75, 3.05) is 5.32 Å². The highest BCUT2D eigenvalue weighted by molar-refractivity contribution is 5.95. The van der Waals surface area contributed by atoms with Crippen molar-refractivity contribution in [3.05, 3.63) is 36.2 Å². The second-order valence-corrected chi connectivity index (χ2v) is 3.36. The highest BCUT2D eigenvalue weighted by Crippen LogP contribution is 2.23. The minimum atomic E-state index is -0.0370. The van der Waals surface area contributed by atoms with Gasteiger partial charge in [0.25, 0.3) is 0 Å². The largest absolute Gasteiger partial charge is 0.324 e. The van der Waals surface area contributed by atoms with Crippen LogP contribution < -0.4 is 5.32 Å². The topological polar surface area (TPSA) is 33.5 Å². The van der Waals surface area contributed by atoms with E-state index in [1.807, 2.05) is 41.9 Å². The summed E-state index contributed by atoms with van der Waals surface area (Å²) in [4.78, 5) is 11.0. The quantitative estimate of drug-likeness (QED) is 0.731. The monoisotopic (exact) mass is 188 g/mol. The number of fused-ring (bicyclic) bond motifs is 1. The first kappa shape index (κ1) is 8.81. The minimum Gasteiger partial charge on any atom is -0.324 e. The molecular weight excluding hydrogens is 176 g/mol. The molecule has 2 heterocycles. The number of rotatable bonds is 1. The fourth-order valence-electron chi connectivity index (χ4n) is 1.59. The molecule has 3 nitrogen and oxygen atoms in total. The van der Waals surface area contributed by atoms with Gasteiger partial charge in [0, 0.05) is 19.3 Å². The van der Waals surface area contributed by atoms with E-state index in [-0.39, 0.29) is 5.91 Å². The third-order valence-corrected chi connectivity index (χ3v) is 2.17. The predicted molar refractivity (Wildman–Crippen MR) is 56.4 cm³/mol. The molecule has 0 spiro atoms. The maximum atomic E-state index is 11.0. The van der Waals surface area contributed by atoms with E-state index in [2.05, 4.69) is 5.32 Å². The highest BCUT2D eigenvalue weighted by atomic mass is 16.1. The van der Waals surface area contributed by atoms with Crippen LogP contribution in [-0.4, -0.2) is 10.3 Å². The maximum Gasteiger partial charge on any atom is 0.221 e. The van der Waals surface area contributed by atoms with Gasteiger partial charge in [-0.15, -0.1) is 0 Å². The van der Waals surface area contributed by atoms with Crippen LogP contribution in [0.4, 0.5) is 5.69 Å². The molecule has 14 heavy (non-hydrogen) atoms. The van der Waals surface area contributed by atoms with Crippen LogP contribution >= 0.6 is 0 Å². The number of pyridine rings is 1. The molecule has 2 aromatic rings. The van der Waals surface area contributed by atoms with Crippen molar-refractivity contribution < 1.29 is 4.79 Å². The molecule has 0 atom stereocenters. The summed E-state index contributed by atoms with van der Waals surface area (Å²) < 4.78 is 2.00. The first-order valence-electron chi connectivity index (χ1n) is 4.52. The third-order valence-electron chi connectivity index (χ3n) is 2.17. The average Bonchev–Trinajstić information content (AvgIpc) is 2.43. The molecule has 0 bridgehead atoms. The number of carbonyl (C=O) groups excluding carboxylic acids is 1. The van der Waals surface area contributed by atoms with Crippen LogP contribution in [0, 0.1) is 6.92 Å². The van der Waals surface area contributed by atoms with Crippen LogP contribution in [0.2, 0.25) is 0 Å². The lowest BCUT2D eigenvalue weighted by Crippen LogP contribution is -2.06. The molecular formula is C11H12N2O. The zero-order chi connectivity index (χ0) is 10.1. The van der Waals surface area contributed by atoms with Gasteiger partial charge in [0.15, 0.2) is 0 Å². The lowest BCUT2D eigenvalue weighted by Gasteiger charge is -2.01. The number of hydrogen-bond acceptors (Lipinski definition) is 1. The Bertz CT molecular complexity index is 485. The van der Waals surface area contributed by atoms with E-state index in [9.17, 15) is 4.79 Å². The van der Waals surface area contributed by atoms with Gasteiger partial charge in [-0.25, -0.2) is 0 Å². The van der Waals surface area contributed by atoms with Gasteiger partial charge in [-0.3, -0.25) is 4.79 Å². The lowest BCUT2D eigenvalue weighted by atomic mass is 10.3. The van der Waals surface area contributed by atoms with Gasteiger partial charge in [0.1, 0.15) is 0 Å². The van der Waals surface area contributed by atoms with Crippen molar-refractivity contribution in [3.63, 3.8) is 0 Å². The average molecular weight is 188 g/mol. The fraction of sp³-hybridized carbons (Fsp3) is 0.182. The van der Waals surface area contributed by atoms with Crippen molar-refractivity contribution >= 4 is 17.1 Å². The summed E-state index contributed by atoms with van der Waals surface area (Å²) in [5.74, 6) is -0.0370. The molecule has 3 heteroatoms. The maximum absolute atomic E-state index is 11.0. The number of aromatic nitrogens is 1. The van der Waals surface area contributed by atoms with Crippen molar-refractivity contribution in [1.29, 1.82) is 0 Å². The molecule has 0 radical (unpaired) electrons. The lowest BCUT2D eigenvalue weighted by molar-refractivity contribution is -0.114. The van der Waals surface area contributed by atoms with Crippen LogP contribution in [0.5, 0.6) is 0 Å². The molecule has 1 N–H and O–H groups in total. The van der Waals surface area contributed by atoms with Gasteiger partial charge in [0.05, 0.1) is 11.2 Å². The van der Waals surface area contributed by atoms with E-state index >= 15 is 0 Å². The zero-order valence-electron chi connectivity index (χ0n) is 8.24. The zero-order valence-corrected chi connectivity index (χ0v) is 8.24. The van der Waals surface area contributed by atoms with Crippen LogP contribution in [-0.2, 0) is 4.79 Å². The predicted octanol–water partition coefficient (Wildman–Crippen LogP) is 2.21. The number of nitrogens with zero attached hydrogens (tertiary/aromatic N) is 1. The molecule has 0 aliphatic carbocycles. The van der Waals surface area contributed by atoms with E-state index in [1.54, 1.807) is 0 Å². The SMILES string of the molecule is CC(=O)Nc1c(C)cn2ccccc12. The number of amides is 1. The molecule has 0 saturated carbocycles. The Labute approximate surface area is 82.4 Å². The summed E-state index contributed by atoms with van der Waals surface area (Å²) in [6, 6.07) is 5.91. The van der Waals surface area contributed by atoms with Gasteiger partial charge in [-0.05, 0) is 24.6 Å². The Balaban J connectivity index is 2.62. The second kappa shape index (κ2) is 3.18. The number of anilines is 1. The van der Waals surface area contributed by atoms with E-state index in [4.69, 9.17) is 0 Å². The van der Waals surface area contributed by atoms with E-state index in [0.717, 1.165) is 16.8 Å². The summed E-state index contributed by atoms with van der Waals surface area (Å²) in [5.41, 5.74) is 3.00. The van der Waals surface area contributed by atoms with Gasteiger partial charge in [0.2, 0.25) is 5.91 Å². The molecule has 0 aliphatic heterocycles. The van der Waals surface area contributed by atoms with Crippen molar-refractivity contribution in [3.8, 4) is 0 Å². The second-order valence-electron chi connectivity index (χ2n) is 3.36. The Morgan fingerprint density at radius 1 is 1.43 bits per heavy atom.